The molecule has 0 heterocycles. The van der Waals surface area contributed by atoms with Crippen LogP contribution in [0.25, 0.3) is 0 Å². The number of rotatable bonds is 6. The molecule has 0 aliphatic carbocycles. The average Bonchev–Trinajstić information content (AvgIpc) is 2.36. The van der Waals surface area contributed by atoms with Crippen LogP contribution in [0.5, 0.6) is 0 Å². The van der Waals surface area contributed by atoms with E-state index in [2.05, 4.69) is 5.32 Å². The van der Waals surface area contributed by atoms with E-state index in [1.54, 1.807) is 12.1 Å². The van der Waals surface area contributed by atoms with E-state index in [0.29, 0.717) is 12.1 Å². The van der Waals surface area contributed by atoms with Crippen LogP contribution in [-0.2, 0) is 22.6 Å². The van der Waals surface area contributed by atoms with E-state index in [1.165, 1.54) is 0 Å². The van der Waals surface area contributed by atoms with Gasteiger partial charge in [0.15, 0.2) is 0 Å². The third-order valence-electron chi connectivity index (χ3n) is 3.45. The van der Waals surface area contributed by atoms with Crippen LogP contribution in [0.4, 0.5) is 0 Å². The fourth-order valence-corrected chi connectivity index (χ4v) is 1.84. The number of carbonyl (C=O) groups excluding carboxylic acids is 1. The van der Waals surface area contributed by atoms with Gasteiger partial charge in [0.25, 0.3) is 0 Å². The van der Waals surface area contributed by atoms with E-state index in [-0.39, 0.29) is 30.2 Å². The van der Waals surface area contributed by atoms with Gasteiger partial charge in [0.1, 0.15) is 0 Å². The van der Waals surface area contributed by atoms with E-state index < -0.39 is 5.97 Å². The SMILES string of the molecule is CC(C)(C)C(N)CC(=O)NCc1ccccc1CC(=O)O. The first kappa shape index (κ1) is 17.2. The van der Waals surface area contributed by atoms with Crippen molar-refractivity contribution in [2.75, 3.05) is 0 Å². The van der Waals surface area contributed by atoms with Gasteiger partial charge in [-0.15, -0.1) is 0 Å². The van der Waals surface area contributed by atoms with Crippen molar-refractivity contribution in [1.82, 2.24) is 5.32 Å². The monoisotopic (exact) mass is 292 g/mol. The van der Waals surface area contributed by atoms with Crippen molar-refractivity contribution in [2.45, 2.75) is 46.2 Å². The maximum Gasteiger partial charge on any atom is 0.307 e. The molecular weight excluding hydrogens is 268 g/mol. The third kappa shape index (κ3) is 5.95. The lowest BCUT2D eigenvalue weighted by atomic mass is 9.85. The zero-order valence-corrected chi connectivity index (χ0v) is 12.8. The van der Waals surface area contributed by atoms with E-state index in [9.17, 15) is 9.59 Å². The lowest BCUT2D eigenvalue weighted by Crippen LogP contribution is -2.40. The Morgan fingerprint density at radius 1 is 1.24 bits per heavy atom. The molecule has 5 nitrogen and oxygen atoms in total. The van der Waals surface area contributed by atoms with Gasteiger partial charge in [0.05, 0.1) is 6.42 Å². The summed E-state index contributed by atoms with van der Waals surface area (Å²) in [6.07, 6.45) is 0.206. The Morgan fingerprint density at radius 2 is 1.81 bits per heavy atom. The second kappa shape index (κ2) is 7.22. The van der Waals surface area contributed by atoms with Crippen LogP contribution in [0.15, 0.2) is 24.3 Å². The van der Waals surface area contributed by atoms with E-state index >= 15 is 0 Å². The Hall–Kier alpha value is -1.88. The molecule has 1 aromatic rings. The van der Waals surface area contributed by atoms with E-state index in [4.69, 9.17) is 10.8 Å². The fraction of sp³-hybridized carbons (Fsp3) is 0.500. The van der Waals surface area contributed by atoms with Gasteiger partial charge in [-0.2, -0.15) is 0 Å². The van der Waals surface area contributed by atoms with Crippen LogP contribution >= 0.6 is 0 Å². The molecule has 0 aromatic heterocycles. The molecule has 1 rings (SSSR count). The van der Waals surface area contributed by atoms with Gasteiger partial charge >= 0.3 is 5.97 Å². The molecule has 4 N–H and O–H groups in total. The maximum absolute atomic E-state index is 11.9. The number of hydrogen-bond donors (Lipinski definition) is 3. The molecule has 0 radical (unpaired) electrons. The molecule has 1 amide bonds. The number of nitrogens with two attached hydrogens (primary N) is 1. The second-order valence-corrected chi connectivity index (χ2v) is 6.29. The van der Waals surface area contributed by atoms with Crippen LogP contribution < -0.4 is 11.1 Å². The summed E-state index contributed by atoms with van der Waals surface area (Å²) in [5.74, 6) is -1.01. The molecule has 0 saturated carbocycles. The van der Waals surface area contributed by atoms with Crippen LogP contribution in [0, 0.1) is 5.41 Å². The first-order valence-corrected chi connectivity index (χ1v) is 7.01. The van der Waals surface area contributed by atoms with E-state index in [1.807, 2.05) is 32.9 Å². The van der Waals surface area contributed by atoms with Crippen LogP contribution in [0.3, 0.4) is 0 Å². The normalized spacial score (nSPS) is 12.8. The van der Waals surface area contributed by atoms with Crippen molar-refractivity contribution >= 4 is 11.9 Å². The van der Waals surface area contributed by atoms with Gasteiger partial charge in [0.2, 0.25) is 5.91 Å². The minimum atomic E-state index is -0.886. The molecule has 0 bridgehead atoms. The summed E-state index contributed by atoms with van der Waals surface area (Å²) >= 11 is 0. The van der Waals surface area contributed by atoms with Gasteiger partial charge in [-0.3, -0.25) is 9.59 Å². The van der Waals surface area contributed by atoms with Crippen molar-refractivity contribution in [2.24, 2.45) is 11.1 Å². The first-order valence-electron chi connectivity index (χ1n) is 7.01. The summed E-state index contributed by atoms with van der Waals surface area (Å²) in [5.41, 5.74) is 7.38. The van der Waals surface area contributed by atoms with Gasteiger partial charge in [-0.1, -0.05) is 45.0 Å². The Labute approximate surface area is 125 Å². The van der Waals surface area contributed by atoms with Crippen molar-refractivity contribution in [1.29, 1.82) is 0 Å². The van der Waals surface area contributed by atoms with Crippen LogP contribution in [0.1, 0.15) is 38.3 Å². The van der Waals surface area contributed by atoms with Crippen LogP contribution in [-0.4, -0.2) is 23.0 Å². The van der Waals surface area contributed by atoms with Gasteiger partial charge < -0.3 is 16.2 Å². The fourth-order valence-electron chi connectivity index (χ4n) is 1.84. The summed E-state index contributed by atoms with van der Waals surface area (Å²) < 4.78 is 0. The highest BCUT2D eigenvalue weighted by atomic mass is 16.4. The number of hydrogen-bond acceptors (Lipinski definition) is 3. The summed E-state index contributed by atoms with van der Waals surface area (Å²) in [6, 6.07) is 6.98. The molecule has 5 heteroatoms. The maximum atomic E-state index is 11.9. The van der Waals surface area contributed by atoms with Crippen molar-refractivity contribution < 1.29 is 14.7 Å². The highest BCUT2D eigenvalue weighted by molar-refractivity contribution is 5.76. The number of benzene rings is 1. The Morgan fingerprint density at radius 3 is 2.33 bits per heavy atom. The van der Waals surface area contributed by atoms with Crippen molar-refractivity contribution in [3.8, 4) is 0 Å². The predicted octanol–water partition coefficient (Wildman–Crippen LogP) is 1.69. The topological polar surface area (TPSA) is 92.4 Å². The second-order valence-electron chi connectivity index (χ2n) is 6.29. The highest BCUT2D eigenvalue weighted by Crippen LogP contribution is 2.19. The summed E-state index contributed by atoms with van der Waals surface area (Å²) in [6.45, 7) is 6.30. The Bertz CT molecular complexity index is 506. The zero-order valence-electron chi connectivity index (χ0n) is 12.8. The summed E-state index contributed by atoms with van der Waals surface area (Å²) in [7, 11) is 0. The quantitative estimate of drug-likeness (QED) is 0.744. The number of carbonyl (C=O) groups is 2. The Balaban J connectivity index is 2.59. The smallest absolute Gasteiger partial charge is 0.307 e. The van der Waals surface area contributed by atoms with Crippen LogP contribution in [0.2, 0.25) is 0 Å². The van der Waals surface area contributed by atoms with Gasteiger partial charge in [-0.05, 0) is 16.5 Å². The molecule has 1 unspecified atom stereocenters. The largest absolute Gasteiger partial charge is 0.481 e. The minimum absolute atomic E-state index is 0.0481. The first-order chi connectivity index (χ1) is 9.70. The lowest BCUT2D eigenvalue weighted by Gasteiger charge is -2.26. The van der Waals surface area contributed by atoms with Crippen molar-refractivity contribution in [3.63, 3.8) is 0 Å². The van der Waals surface area contributed by atoms with Gasteiger partial charge in [-0.25, -0.2) is 0 Å². The zero-order chi connectivity index (χ0) is 16.0. The molecular formula is C16H24N2O3. The molecule has 0 aliphatic heterocycles. The Kier molecular flexibility index (Phi) is 5.90. The molecule has 116 valence electrons. The van der Waals surface area contributed by atoms with Crippen molar-refractivity contribution in [3.05, 3.63) is 35.4 Å². The number of amides is 1. The third-order valence-corrected chi connectivity index (χ3v) is 3.45. The number of aliphatic carboxylic acids is 1. The summed E-state index contributed by atoms with van der Waals surface area (Å²) in [5, 5.41) is 11.7. The molecule has 1 atom stereocenters. The number of nitrogens with one attached hydrogen (secondary N) is 1. The molecule has 0 fully saturated rings. The number of carboxylic acid groups (broad SMARTS) is 1. The molecule has 0 aliphatic rings. The van der Waals surface area contributed by atoms with E-state index in [0.717, 1.165) is 5.56 Å². The minimum Gasteiger partial charge on any atom is -0.481 e. The molecule has 0 saturated heterocycles. The lowest BCUT2D eigenvalue weighted by molar-refractivity contribution is -0.136. The molecule has 21 heavy (non-hydrogen) atoms. The standard InChI is InChI=1S/C16H24N2O3/c1-16(2,3)13(17)9-14(19)18-10-12-7-5-4-6-11(12)8-15(20)21/h4-7,13H,8-10,17H2,1-3H3,(H,18,19)(H,20,21). The highest BCUT2D eigenvalue weighted by Gasteiger charge is 2.23. The summed E-state index contributed by atoms with van der Waals surface area (Å²) in [4.78, 5) is 22.7. The average molecular weight is 292 g/mol. The molecule has 0 spiro atoms. The number of carboxylic acids is 1. The molecule has 1 aromatic carbocycles. The van der Waals surface area contributed by atoms with Gasteiger partial charge in [0, 0.05) is 19.0 Å². The predicted molar refractivity (Wildman–Crippen MR) is 81.7 cm³/mol.